The number of benzene rings is 2. The van der Waals surface area contributed by atoms with Crippen molar-refractivity contribution in [2.45, 2.75) is 0 Å². The number of piperazine rings is 1. The zero-order valence-corrected chi connectivity index (χ0v) is 16.1. The minimum atomic E-state index is -0.456. The van der Waals surface area contributed by atoms with Gasteiger partial charge in [-0.15, -0.1) is 0 Å². The van der Waals surface area contributed by atoms with E-state index in [1.165, 1.54) is 12.1 Å². The molecule has 3 rings (SSSR count). The van der Waals surface area contributed by atoms with Gasteiger partial charge in [0.1, 0.15) is 5.69 Å². The van der Waals surface area contributed by atoms with Crippen LogP contribution in [0.4, 0.5) is 17.1 Å². The largest absolute Gasteiger partial charge is 0.363 e. The van der Waals surface area contributed by atoms with E-state index >= 15 is 0 Å². The van der Waals surface area contributed by atoms with Crippen LogP contribution in [0.5, 0.6) is 0 Å². The molecule has 1 saturated heterocycles. The predicted molar refractivity (Wildman–Crippen MR) is 107 cm³/mol. The number of amides is 1. The van der Waals surface area contributed by atoms with Gasteiger partial charge in [-0.25, -0.2) is 0 Å². The number of hydrogen-bond donors (Lipinski definition) is 1. The zero-order chi connectivity index (χ0) is 19.6. The number of nitro benzene ring substituents is 1. The van der Waals surface area contributed by atoms with Crippen molar-refractivity contribution in [1.29, 1.82) is 0 Å². The van der Waals surface area contributed by atoms with Crippen LogP contribution in [0, 0.1) is 10.1 Å². The number of likely N-dealkylation sites (N-methyl/N-ethyl adjacent to an activating group) is 1. The van der Waals surface area contributed by atoms with Crippen LogP contribution >= 0.6 is 23.2 Å². The van der Waals surface area contributed by atoms with Crippen LogP contribution in [0.15, 0.2) is 36.4 Å². The summed E-state index contributed by atoms with van der Waals surface area (Å²) in [5, 5.41) is 14.7. The molecule has 1 heterocycles. The van der Waals surface area contributed by atoms with Crippen LogP contribution in [0.1, 0.15) is 10.4 Å². The molecule has 7 nitrogen and oxygen atoms in total. The molecule has 1 aliphatic heterocycles. The van der Waals surface area contributed by atoms with Crippen molar-refractivity contribution >= 4 is 46.2 Å². The third kappa shape index (κ3) is 4.50. The lowest BCUT2D eigenvalue weighted by molar-refractivity contribution is -0.384. The van der Waals surface area contributed by atoms with E-state index in [2.05, 4.69) is 10.2 Å². The first kappa shape index (κ1) is 19.4. The first-order valence-corrected chi connectivity index (χ1v) is 9.09. The van der Waals surface area contributed by atoms with Gasteiger partial charge in [-0.05, 0) is 31.3 Å². The van der Waals surface area contributed by atoms with Crippen molar-refractivity contribution in [2.24, 2.45) is 0 Å². The molecule has 0 saturated carbocycles. The number of hydrogen-bond acceptors (Lipinski definition) is 5. The molecule has 0 atom stereocenters. The highest BCUT2D eigenvalue weighted by molar-refractivity contribution is 6.34. The molecule has 1 amide bonds. The molecule has 1 aliphatic rings. The standard InChI is InChI=1S/C18H18Cl2N4O3/c1-22-5-7-23(8-6-22)16-11-15(14(20)10-17(16)24(26)27)21-18(25)12-3-2-4-13(19)9-12/h2-4,9-11H,5-8H2,1H3,(H,21,25). The normalized spacial score (nSPS) is 14.9. The van der Waals surface area contributed by atoms with Gasteiger partial charge in [-0.1, -0.05) is 29.3 Å². The predicted octanol–water partition coefficient (Wildman–Crippen LogP) is 3.91. The minimum absolute atomic E-state index is 0.0784. The van der Waals surface area contributed by atoms with E-state index in [-0.39, 0.29) is 10.7 Å². The van der Waals surface area contributed by atoms with Gasteiger partial charge in [-0.2, -0.15) is 0 Å². The number of halogens is 2. The van der Waals surface area contributed by atoms with E-state index in [0.717, 1.165) is 13.1 Å². The number of rotatable bonds is 4. The zero-order valence-electron chi connectivity index (χ0n) is 14.6. The lowest BCUT2D eigenvalue weighted by Gasteiger charge is -2.33. The second-order valence-electron chi connectivity index (χ2n) is 6.33. The summed E-state index contributed by atoms with van der Waals surface area (Å²) >= 11 is 12.1. The molecule has 2 aromatic carbocycles. The summed E-state index contributed by atoms with van der Waals surface area (Å²) in [5.41, 5.74) is 1.06. The van der Waals surface area contributed by atoms with Gasteiger partial charge in [0, 0.05) is 42.8 Å². The van der Waals surface area contributed by atoms with E-state index in [1.54, 1.807) is 24.3 Å². The average molecular weight is 409 g/mol. The summed E-state index contributed by atoms with van der Waals surface area (Å²) < 4.78 is 0. The number of nitrogens with one attached hydrogen (secondary N) is 1. The van der Waals surface area contributed by atoms with E-state index in [9.17, 15) is 14.9 Å². The van der Waals surface area contributed by atoms with E-state index in [4.69, 9.17) is 23.2 Å². The van der Waals surface area contributed by atoms with Crippen molar-refractivity contribution in [2.75, 3.05) is 43.4 Å². The van der Waals surface area contributed by atoms with Gasteiger partial charge in [0.25, 0.3) is 11.6 Å². The number of nitrogens with zero attached hydrogens (tertiary/aromatic N) is 3. The van der Waals surface area contributed by atoms with Gasteiger partial charge >= 0.3 is 0 Å². The van der Waals surface area contributed by atoms with Crippen LogP contribution in [-0.4, -0.2) is 49.0 Å². The molecule has 142 valence electrons. The highest BCUT2D eigenvalue weighted by Gasteiger charge is 2.25. The quantitative estimate of drug-likeness (QED) is 0.612. The average Bonchev–Trinajstić information content (AvgIpc) is 2.63. The number of carbonyl (C=O) groups excluding carboxylic acids is 1. The number of nitro groups is 1. The molecule has 2 aromatic rings. The van der Waals surface area contributed by atoms with Crippen molar-refractivity contribution < 1.29 is 9.72 Å². The highest BCUT2D eigenvalue weighted by Crippen LogP contribution is 2.37. The molecule has 0 aliphatic carbocycles. The van der Waals surface area contributed by atoms with Gasteiger partial charge in [0.15, 0.2) is 0 Å². The van der Waals surface area contributed by atoms with E-state index in [1.807, 2.05) is 11.9 Å². The molecular formula is C18H18Cl2N4O3. The van der Waals surface area contributed by atoms with Crippen LogP contribution < -0.4 is 10.2 Å². The topological polar surface area (TPSA) is 78.7 Å². The lowest BCUT2D eigenvalue weighted by atomic mass is 10.1. The fourth-order valence-electron chi connectivity index (χ4n) is 2.92. The highest BCUT2D eigenvalue weighted by atomic mass is 35.5. The van der Waals surface area contributed by atoms with Crippen LogP contribution in [0.3, 0.4) is 0 Å². The second-order valence-corrected chi connectivity index (χ2v) is 7.18. The van der Waals surface area contributed by atoms with Gasteiger partial charge in [0.2, 0.25) is 0 Å². The Labute approximate surface area is 166 Å². The lowest BCUT2D eigenvalue weighted by Crippen LogP contribution is -2.44. The molecule has 0 bridgehead atoms. The fraction of sp³-hybridized carbons (Fsp3) is 0.278. The van der Waals surface area contributed by atoms with E-state index < -0.39 is 10.8 Å². The summed E-state index contributed by atoms with van der Waals surface area (Å²) in [7, 11) is 2.00. The smallest absolute Gasteiger partial charge is 0.294 e. The van der Waals surface area contributed by atoms with Crippen molar-refractivity contribution in [1.82, 2.24) is 4.90 Å². The Morgan fingerprint density at radius 1 is 1.15 bits per heavy atom. The maximum absolute atomic E-state index is 12.5. The molecule has 1 N–H and O–H groups in total. The molecule has 1 fully saturated rings. The molecule has 0 spiro atoms. The van der Waals surface area contributed by atoms with Crippen molar-refractivity contribution in [3.63, 3.8) is 0 Å². The second kappa shape index (κ2) is 8.12. The maximum atomic E-state index is 12.5. The Bertz CT molecular complexity index is 883. The minimum Gasteiger partial charge on any atom is -0.363 e. The molecular weight excluding hydrogens is 391 g/mol. The maximum Gasteiger partial charge on any atom is 0.294 e. The Hall–Kier alpha value is -2.35. The Balaban J connectivity index is 1.92. The monoisotopic (exact) mass is 408 g/mol. The van der Waals surface area contributed by atoms with Gasteiger partial charge in [-0.3, -0.25) is 14.9 Å². The first-order valence-electron chi connectivity index (χ1n) is 8.33. The molecule has 9 heteroatoms. The van der Waals surface area contributed by atoms with Crippen molar-refractivity contribution in [3.05, 3.63) is 62.1 Å². The third-order valence-electron chi connectivity index (χ3n) is 4.44. The summed E-state index contributed by atoms with van der Waals surface area (Å²) in [6, 6.07) is 9.35. The van der Waals surface area contributed by atoms with Crippen LogP contribution in [0.25, 0.3) is 0 Å². The molecule has 27 heavy (non-hydrogen) atoms. The summed E-state index contributed by atoms with van der Waals surface area (Å²) in [6.45, 7) is 2.90. The van der Waals surface area contributed by atoms with Gasteiger partial charge < -0.3 is 15.1 Å². The number of anilines is 2. The molecule has 0 unspecified atom stereocenters. The Kier molecular flexibility index (Phi) is 5.84. The SMILES string of the molecule is CN1CCN(c2cc(NC(=O)c3cccc(Cl)c3)c(Cl)cc2[N+](=O)[O-])CC1. The number of carbonyl (C=O) groups is 1. The summed E-state index contributed by atoms with van der Waals surface area (Å²) in [5.74, 6) is -0.391. The third-order valence-corrected chi connectivity index (χ3v) is 4.99. The Morgan fingerprint density at radius 2 is 1.85 bits per heavy atom. The Morgan fingerprint density at radius 3 is 2.48 bits per heavy atom. The van der Waals surface area contributed by atoms with Gasteiger partial charge in [0.05, 0.1) is 15.6 Å². The summed E-state index contributed by atoms with van der Waals surface area (Å²) in [6.07, 6.45) is 0. The molecule has 0 radical (unpaired) electrons. The fourth-order valence-corrected chi connectivity index (χ4v) is 3.31. The first-order chi connectivity index (χ1) is 12.8. The van der Waals surface area contributed by atoms with E-state index in [0.29, 0.717) is 35.1 Å². The van der Waals surface area contributed by atoms with Crippen LogP contribution in [-0.2, 0) is 0 Å². The molecule has 0 aromatic heterocycles. The van der Waals surface area contributed by atoms with Crippen LogP contribution in [0.2, 0.25) is 10.0 Å². The van der Waals surface area contributed by atoms with Crippen molar-refractivity contribution in [3.8, 4) is 0 Å². The summed E-state index contributed by atoms with van der Waals surface area (Å²) in [4.78, 5) is 27.6.